The summed E-state index contributed by atoms with van der Waals surface area (Å²) in [5.74, 6) is -1.92. The van der Waals surface area contributed by atoms with Crippen molar-refractivity contribution in [3.05, 3.63) is 102 Å². The number of nitrogens with one attached hydrogen (secondary N) is 2. The largest absolute Gasteiger partial charge is 0.504 e. The molecule has 0 fully saturated rings. The van der Waals surface area contributed by atoms with E-state index in [1.165, 1.54) is 24.3 Å². The van der Waals surface area contributed by atoms with Crippen LogP contribution >= 0.6 is 0 Å². The first-order valence-electron chi connectivity index (χ1n) is 12.1. The molecule has 5 N–H and O–H groups in total. The molecular formula is C31H23N3O4. The highest BCUT2D eigenvalue weighted by atomic mass is 16.3. The molecule has 0 bridgehead atoms. The van der Waals surface area contributed by atoms with Gasteiger partial charge in [0.15, 0.2) is 17.2 Å². The van der Waals surface area contributed by atoms with Gasteiger partial charge in [0.1, 0.15) is 0 Å². The van der Waals surface area contributed by atoms with Crippen molar-refractivity contribution in [3.8, 4) is 28.5 Å². The first-order valence-corrected chi connectivity index (χ1v) is 12.1. The molecule has 0 aliphatic carbocycles. The van der Waals surface area contributed by atoms with Crippen molar-refractivity contribution in [3.63, 3.8) is 0 Å². The zero-order valence-corrected chi connectivity index (χ0v) is 20.1. The molecule has 0 saturated carbocycles. The van der Waals surface area contributed by atoms with Gasteiger partial charge in [-0.2, -0.15) is 0 Å². The van der Waals surface area contributed by atoms with Gasteiger partial charge in [0.2, 0.25) is 5.91 Å². The normalized spacial score (nSPS) is 11.6. The molecule has 4 aromatic carbocycles. The summed E-state index contributed by atoms with van der Waals surface area (Å²) in [4.78, 5) is 21.1. The number of rotatable bonds is 5. The van der Waals surface area contributed by atoms with Crippen LogP contribution in [0.15, 0.2) is 91.0 Å². The van der Waals surface area contributed by atoms with E-state index >= 15 is 0 Å². The molecule has 0 atom stereocenters. The molecule has 0 unspecified atom stereocenters. The molecule has 0 aliphatic rings. The Balaban J connectivity index is 1.37. The molecule has 7 nitrogen and oxygen atoms in total. The van der Waals surface area contributed by atoms with Crippen LogP contribution in [0.25, 0.3) is 49.9 Å². The summed E-state index contributed by atoms with van der Waals surface area (Å²) in [5.41, 5.74) is 4.82. The fraction of sp³-hybridized carbons (Fsp3) is 0.0323. The topological polar surface area (TPSA) is 118 Å². The third kappa shape index (κ3) is 4.16. The highest BCUT2D eigenvalue weighted by Crippen LogP contribution is 2.37. The molecule has 0 radical (unpaired) electrons. The third-order valence-electron chi connectivity index (χ3n) is 6.56. The summed E-state index contributed by atoms with van der Waals surface area (Å²) in [7, 11) is 0. The number of pyridine rings is 1. The van der Waals surface area contributed by atoms with Crippen molar-refractivity contribution >= 4 is 44.6 Å². The zero-order valence-electron chi connectivity index (χ0n) is 20.1. The van der Waals surface area contributed by atoms with Crippen molar-refractivity contribution in [1.82, 2.24) is 15.3 Å². The van der Waals surface area contributed by atoms with Crippen LogP contribution in [0.1, 0.15) is 11.3 Å². The van der Waals surface area contributed by atoms with Crippen LogP contribution in [0.3, 0.4) is 0 Å². The number of para-hydroxylation sites is 1. The Bertz CT molecular complexity index is 1860. The number of nitrogens with zero attached hydrogens (tertiary/aromatic N) is 1. The summed E-state index contributed by atoms with van der Waals surface area (Å²) >= 11 is 0. The monoisotopic (exact) mass is 501 g/mol. The van der Waals surface area contributed by atoms with E-state index in [1.807, 2.05) is 42.5 Å². The Labute approximate surface area is 217 Å². The van der Waals surface area contributed by atoms with Gasteiger partial charge < -0.3 is 25.6 Å². The van der Waals surface area contributed by atoms with E-state index in [0.717, 1.165) is 43.8 Å². The SMILES string of the molecule is O=C(/C=C/c1cc(O)c(O)c(O)c1)NCc1cc2c([nH]c3ccccc32)c(-c2cccc3ccccc23)n1. The van der Waals surface area contributed by atoms with Crippen LogP contribution in [0.2, 0.25) is 0 Å². The van der Waals surface area contributed by atoms with Crippen molar-refractivity contribution in [2.24, 2.45) is 0 Å². The number of H-pyrrole nitrogens is 1. The third-order valence-corrected chi connectivity index (χ3v) is 6.56. The summed E-state index contributed by atoms with van der Waals surface area (Å²) in [5, 5.41) is 36.0. The number of hydrogen-bond donors (Lipinski definition) is 5. The van der Waals surface area contributed by atoms with Gasteiger partial charge in [0, 0.05) is 27.9 Å². The van der Waals surface area contributed by atoms with Gasteiger partial charge in [-0.15, -0.1) is 0 Å². The zero-order chi connectivity index (χ0) is 26.2. The molecule has 2 aromatic heterocycles. The number of phenols is 3. The predicted octanol–water partition coefficient (Wildman–Crippen LogP) is 5.98. The van der Waals surface area contributed by atoms with Gasteiger partial charge >= 0.3 is 0 Å². The van der Waals surface area contributed by atoms with Crippen molar-refractivity contribution < 1.29 is 20.1 Å². The second-order valence-corrected chi connectivity index (χ2v) is 9.04. The number of amides is 1. The average molecular weight is 502 g/mol. The maximum Gasteiger partial charge on any atom is 0.244 e. The van der Waals surface area contributed by atoms with Crippen LogP contribution in [0.5, 0.6) is 17.2 Å². The van der Waals surface area contributed by atoms with Gasteiger partial charge in [-0.25, -0.2) is 4.98 Å². The molecule has 38 heavy (non-hydrogen) atoms. The quantitative estimate of drug-likeness (QED) is 0.147. The molecule has 0 aliphatic heterocycles. The maximum absolute atomic E-state index is 12.6. The number of aromatic hydroxyl groups is 3. The lowest BCUT2D eigenvalue weighted by Gasteiger charge is -2.11. The lowest BCUT2D eigenvalue weighted by Crippen LogP contribution is -2.21. The minimum absolute atomic E-state index is 0.197. The predicted molar refractivity (Wildman–Crippen MR) is 149 cm³/mol. The summed E-state index contributed by atoms with van der Waals surface area (Å²) < 4.78 is 0. The van der Waals surface area contributed by atoms with E-state index in [-0.39, 0.29) is 12.5 Å². The summed E-state index contributed by atoms with van der Waals surface area (Å²) in [6.45, 7) is 0.197. The number of fused-ring (bicyclic) bond motifs is 4. The van der Waals surface area contributed by atoms with Gasteiger partial charge in [-0.05, 0) is 46.7 Å². The van der Waals surface area contributed by atoms with E-state index in [9.17, 15) is 20.1 Å². The minimum Gasteiger partial charge on any atom is -0.504 e. The molecule has 2 heterocycles. The van der Waals surface area contributed by atoms with Gasteiger partial charge in [0.25, 0.3) is 0 Å². The number of aromatic amines is 1. The standard InChI is InChI=1S/C31H23N3O4/c35-26-14-18(15-27(36)31(26)38)12-13-28(37)32-17-20-16-24-22-9-3-4-11-25(22)34-30(24)29(33-20)23-10-5-7-19-6-1-2-8-21(19)23/h1-16,34-36,38H,17H2,(H,32,37)/b13-12+. The molecule has 0 saturated heterocycles. The van der Waals surface area contributed by atoms with E-state index < -0.39 is 17.2 Å². The first kappa shape index (κ1) is 23.1. The second-order valence-electron chi connectivity index (χ2n) is 9.04. The van der Waals surface area contributed by atoms with Crippen LogP contribution in [0, 0.1) is 0 Å². The highest BCUT2D eigenvalue weighted by molar-refractivity contribution is 6.13. The van der Waals surface area contributed by atoms with Crippen molar-refractivity contribution in [2.75, 3.05) is 0 Å². The Morgan fingerprint density at radius 1 is 0.842 bits per heavy atom. The molecule has 6 aromatic rings. The smallest absolute Gasteiger partial charge is 0.244 e. The number of carbonyl (C=O) groups is 1. The lowest BCUT2D eigenvalue weighted by atomic mass is 10.00. The molecule has 1 amide bonds. The number of phenolic OH excluding ortho intramolecular Hbond substituents is 3. The minimum atomic E-state index is -0.604. The Kier molecular flexibility index (Phi) is 5.65. The molecular weight excluding hydrogens is 478 g/mol. The second kappa shape index (κ2) is 9.29. The Morgan fingerprint density at radius 2 is 1.55 bits per heavy atom. The van der Waals surface area contributed by atoms with Crippen molar-refractivity contribution in [2.45, 2.75) is 6.54 Å². The number of hydrogen-bond acceptors (Lipinski definition) is 5. The fourth-order valence-corrected chi connectivity index (χ4v) is 4.75. The first-order chi connectivity index (χ1) is 18.5. The van der Waals surface area contributed by atoms with Crippen LogP contribution in [0.4, 0.5) is 0 Å². The van der Waals surface area contributed by atoms with Gasteiger partial charge in [-0.1, -0.05) is 60.7 Å². The molecule has 7 heteroatoms. The Hall–Kier alpha value is -5.30. The van der Waals surface area contributed by atoms with E-state index in [2.05, 4.69) is 40.6 Å². The lowest BCUT2D eigenvalue weighted by molar-refractivity contribution is -0.116. The summed E-state index contributed by atoms with van der Waals surface area (Å²) in [6.07, 6.45) is 2.73. The van der Waals surface area contributed by atoms with E-state index in [1.54, 1.807) is 0 Å². The Morgan fingerprint density at radius 3 is 2.37 bits per heavy atom. The van der Waals surface area contributed by atoms with Crippen molar-refractivity contribution in [1.29, 1.82) is 0 Å². The molecule has 6 rings (SSSR count). The van der Waals surface area contributed by atoms with Crippen LogP contribution in [-0.2, 0) is 11.3 Å². The molecule has 186 valence electrons. The van der Waals surface area contributed by atoms with Crippen LogP contribution < -0.4 is 5.32 Å². The van der Waals surface area contributed by atoms with Gasteiger partial charge in [0.05, 0.1) is 23.4 Å². The number of aromatic nitrogens is 2. The van der Waals surface area contributed by atoms with Crippen LogP contribution in [-0.4, -0.2) is 31.2 Å². The van der Waals surface area contributed by atoms with E-state index in [4.69, 9.17) is 4.98 Å². The maximum atomic E-state index is 12.6. The van der Waals surface area contributed by atoms with E-state index in [0.29, 0.717) is 11.3 Å². The highest BCUT2D eigenvalue weighted by Gasteiger charge is 2.15. The molecule has 0 spiro atoms. The van der Waals surface area contributed by atoms with Gasteiger partial charge in [-0.3, -0.25) is 4.79 Å². The number of carbonyl (C=O) groups excluding carboxylic acids is 1. The fourth-order valence-electron chi connectivity index (χ4n) is 4.75. The average Bonchev–Trinajstić information content (AvgIpc) is 3.31. The summed E-state index contributed by atoms with van der Waals surface area (Å²) in [6, 6.07) is 26.9. The number of benzene rings is 4.